The molecule has 5 heteroatoms. The summed E-state index contributed by atoms with van der Waals surface area (Å²) in [6.07, 6.45) is 3.65. The predicted octanol–water partition coefficient (Wildman–Crippen LogP) is 3.57. The van der Waals surface area contributed by atoms with Crippen molar-refractivity contribution in [3.05, 3.63) is 71.5 Å². The average molecular weight is 368 g/mol. The van der Waals surface area contributed by atoms with Gasteiger partial charge in [0, 0.05) is 31.1 Å². The lowest BCUT2D eigenvalue weighted by atomic mass is 10.0. The Labute approximate surface area is 159 Å². The zero-order chi connectivity index (χ0) is 19.1. The second-order valence-corrected chi connectivity index (χ2v) is 6.94. The molecule has 1 fully saturated rings. The lowest BCUT2D eigenvalue weighted by Crippen LogP contribution is -2.37. The van der Waals surface area contributed by atoms with Crippen molar-refractivity contribution in [2.75, 3.05) is 13.1 Å². The number of rotatable bonds is 7. The van der Waals surface area contributed by atoms with Crippen LogP contribution in [0.1, 0.15) is 41.6 Å². The first-order valence-corrected chi connectivity index (χ1v) is 9.50. The molecule has 0 aromatic heterocycles. The topological polar surface area (TPSA) is 49.4 Å². The van der Waals surface area contributed by atoms with Crippen LogP contribution in [0.4, 0.5) is 4.39 Å². The van der Waals surface area contributed by atoms with Gasteiger partial charge in [0.15, 0.2) is 0 Å². The molecule has 3 rings (SSSR count). The number of benzene rings is 2. The van der Waals surface area contributed by atoms with Crippen LogP contribution in [0.2, 0.25) is 0 Å². The second kappa shape index (κ2) is 9.31. The second-order valence-electron chi connectivity index (χ2n) is 6.94. The van der Waals surface area contributed by atoms with Crippen molar-refractivity contribution in [2.45, 2.75) is 38.1 Å². The number of likely N-dealkylation sites (tertiary alicyclic amines) is 1. The Morgan fingerprint density at radius 1 is 1.11 bits per heavy atom. The van der Waals surface area contributed by atoms with E-state index in [2.05, 4.69) is 5.32 Å². The highest BCUT2D eigenvalue weighted by Crippen LogP contribution is 2.22. The van der Waals surface area contributed by atoms with Gasteiger partial charge in [-0.05, 0) is 55.5 Å². The smallest absolute Gasteiger partial charge is 0.251 e. The number of amides is 2. The Morgan fingerprint density at radius 2 is 1.93 bits per heavy atom. The minimum Gasteiger partial charge on any atom is -0.352 e. The monoisotopic (exact) mass is 368 g/mol. The van der Waals surface area contributed by atoms with Gasteiger partial charge in [-0.25, -0.2) is 4.39 Å². The summed E-state index contributed by atoms with van der Waals surface area (Å²) in [6, 6.07) is 15.8. The average Bonchev–Trinajstić information content (AvgIpc) is 3.14. The van der Waals surface area contributed by atoms with Crippen LogP contribution in [-0.4, -0.2) is 35.8 Å². The number of hydrogen-bond acceptors (Lipinski definition) is 2. The van der Waals surface area contributed by atoms with Crippen LogP contribution >= 0.6 is 0 Å². The molecule has 1 atom stereocenters. The molecular formula is C22H25FN2O2. The van der Waals surface area contributed by atoms with E-state index in [4.69, 9.17) is 0 Å². The standard InChI is InChI=1S/C22H25FN2O2/c23-19-10-4-7-17(15-19)16-20-11-6-14-25(20)21(26)12-5-13-24-22(27)18-8-2-1-3-9-18/h1-4,7-10,15,20H,5-6,11-14,16H2,(H,24,27). The summed E-state index contributed by atoms with van der Waals surface area (Å²) in [6.45, 7) is 1.23. The number of carbonyl (C=O) groups excluding carboxylic acids is 2. The maximum Gasteiger partial charge on any atom is 0.251 e. The number of nitrogens with one attached hydrogen (secondary N) is 1. The third-order valence-corrected chi connectivity index (χ3v) is 4.95. The predicted molar refractivity (Wildman–Crippen MR) is 103 cm³/mol. The first-order valence-electron chi connectivity index (χ1n) is 9.50. The Kier molecular flexibility index (Phi) is 6.58. The molecule has 1 aliphatic rings. The molecule has 1 unspecified atom stereocenters. The van der Waals surface area contributed by atoms with E-state index in [-0.39, 0.29) is 23.7 Å². The lowest BCUT2D eigenvalue weighted by Gasteiger charge is -2.25. The third-order valence-electron chi connectivity index (χ3n) is 4.95. The summed E-state index contributed by atoms with van der Waals surface area (Å²) < 4.78 is 13.4. The molecule has 2 aromatic carbocycles. The van der Waals surface area contributed by atoms with E-state index >= 15 is 0 Å². The van der Waals surface area contributed by atoms with Gasteiger partial charge >= 0.3 is 0 Å². The van der Waals surface area contributed by atoms with E-state index in [1.165, 1.54) is 6.07 Å². The van der Waals surface area contributed by atoms with Crippen LogP contribution in [0.5, 0.6) is 0 Å². The number of halogens is 1. The van der Waals surface area contributed by atoms with Crippen LogP contribution in [0.15, 0.2) is 54.6 Å². The van der Waals surface area contributed by atoms with Crippen LogP contribution in [0, 0.1) is 5.82 Å². The Balaban J connectivity index is 1.43. The minimum absolute atomic E-state index is 0.114. The molecule has 2 amide bonds. The summed E-state index contributed by atoms with van der Waals surface area (Å²) in [4.78, 5) is 26.5. The molecule has 1 saturated heterocycles. The molecule has 1 N–H and O–H groups in total. The minimum atomic E-state index is -0.238. The zero-order valence-corrected chi connectivity index (χ0v) is 15.4. The van der Waals surface area contributed by atoms with E-state index in [0.717, 1.165) is 24.9 Å². The number of carbonyl (C=O) groups is 2. The third kappa shape index (κ3) is 5.39. The van der Waals surface area contributed by atoms with Crippen molar-refractivity contribution >= 4 is 11.8 Å². The fourth-order valence-electron chi connectivity index (χ4n) is 3.59. The van der Waals surface area contributed by atoms with Crippen LogP contribution in [-0.2, 0) is 11.2 Å². The molecule has 4 nitrogen and oxygen atoms in total. The van der Waals surface area contributed by atoms with Gasteiger partial charge in [-0.1, -0.05) is 30.3 Å². The molecule has 2 aromatic rings. The molecule has 142 valence electrons. The highest BCUT2D eigenvalue weighted by molar-refractivity contribution is 5.94. The maximum atomic E-state index is 13.4. The van der Waals surface area contributed by atoms with Gasteiger partial charge in [0.2, 0.25) is 5.91 Å². The van der Waals surface area contributed by atoms with Crippen LogP contribution < -0.4 is 5.32 Å². The molecule has 1 aliphatic heterocycles. The van der Waals surface area contributed by atoms with Gasteiger partial charge in [-0.15, -0.1) is 0 Å². The van der Waals surface area contributed by atoms with E-state index < -0.39 is 0 Å². The highest BCUT2D eigenvalue weighted by atomic mass is 19.1. The summed E-state index contributed by atoms with van der Waals surface area (Å²) in [7, 11) is 0. The quantitative estimate of drug-likeness (QED) is 0.760. The highest BCUT2D eigenvalue weighted by Gasteiger charge is 2.28. The van der Waals surface area contributed by atoms with E-state index in [1.807, 2.05) is 29.2 Å². The summed E-state index contributed by atoms with van der Waals surface area (Å²) in [5, 5.41) is 2.85. The molecule has 0 aliphatic carbocycles. The molecule has 27 heavy (non-hydrogen) atoms. The SMILES string of the molecule is O=C(NCCCC(=O)N1CCCC1Cc1cccc(F)c1)c1ccccc1. The van der Waals surface area contributed by atoms with Gasteiger partial charge in [-0.3, -0.25) is 9.59 Å². The van der Waals surface area contributed by atoms with E-state index in [9.17, 15) is 14.0 Å². The summed E-state index contributed by atoms with van der Waals surface area (Å²) in [5.74, 6) is -0.242. The van der Waals surface area contributed by atoms with Crippen molar-refractivity contribution in [1.29, 1.82) is 0 Å². The maximum absolute atomic E-state index is 13.4. The van der Waals surface area contributed by atoms with Crippen molar-refractivity contribution in [2.24, 2.45) is 0 Å². The molecule has 0 spiro atoms. The largest absolute Gasteiger partial charge is 0.352 e. The van der Waals surface area contributed by atoms with Gasteiger partial charge in [-0.2, -0.15) is 0 Å². The van der Waals surface area contributed by atoms with E-state index in [0.29, 0.717) is 31.4 Å². The molecule has 0 saturated carbocycles. The summed E-state index contributed by atoms with van der Waals surface area (Å²) in [5.41, 5.74) is 1.55. The van der Waals surface area contributed by atoms with E-state index in [1.54, 1.807) is 24.3 Å². The number of nitrogens with zero attached hydrogens (tertiary/aromatic N) is 1. The Hall–Kier alpha value is -2.69. The van der Waals surface area contributed by atoms with Gasteiger partial charge in [0.25, 0.3) is 5.91 Å². The molecule has 0 bridgehead atoms. The van der Waals surface area contributed by atoms with Gasteiger partial charge < -0.3 is 10.2 Å². The van der Waals surface area contributed by atoms with Crippen molar-refractivity contribution in [3.8, 4) is 0 Å². The fraction of sp³-hybridized carbons (Fsp3) is 0.364. The zero-order valence-electron chi connectivity index (χ0n) is 15.4. The van der Waals surface area contributed by atoms with Crippen molar-refractivity contribution in [1.82, 2.24) is 10.2 Å². The molecule has 1 heterocycles. The Bertz CT molecular complexity index is 779. The van der Waals surface area contributed by atoms with Crippen LogP contribution in [0.3, 0.4) is 0 Å². The first-order chi connectivity index (χ1) is 13.1. The fourth-order valence-corrected chi connectivity index (χ4v) is 3.59. The van der Waals surface area contributed by atoms with Gasteiger partial charge in [0.05, 0.1) is 0 Å². The summed E-state index contributed by atoms with van der Waals surface area (Å²) >= 11 is 0. The van der Waals surface area contributed by atoms with Gasteiger partial charge in [0.1, 0.15) is 5.82 Å². The number of hydrogen-bond donors (Lipinski definition) is 1. The first kappa shape index (κ1) is 19.1. The van der Waals surface area contributed by atoms with Crippen molar-refractivity contribution in [3.63, 3.8) is 0 Å². The molecule has 0 radical (unpaired) electrons. The Morgan fingerprint density at radius 3 is 2.70 bits per heavy atom. The lowest BCUT2D eigenvalue weighted by molar-refractivity contribution is -0.132. The normalized spacial score (nSPS) is 16.3. The molecular weight excluding hydrogens is 343 g/mol. The van der Waals surface area contributed by atoms with Crippen molar-refractivity contribution < 1.29 is 14.0 Å². The van der Waals surface area contributed by atoms with Crippen LogP contribution in [0.25, 0.3) is 0 Å².